The summed E-state index contributed by atoms with van der Waals surface area (Å²) in [4.78, 5) is 0. The molecule has 3 nitrogen and oxygen atoms in total. The van der Waals surface area contributed by atoms with Crippen molar-refractivity contribution in [2.24, 2.45) is 28.6 Å². The van der Waals surface area contributed by atoms with E-state index in [1.807, 2.05) is 7.11 Å². The first-order chi connectivity index (χ1) is 10.9. The second-order valence-electron chi connectivity index (χ2n) is 9.15. The summed E-state index contributed by atoms with van der Waals surface area (Å²) in [5, 5.41) is 20.8. The van der Waals surface area contributed by atoms with Crippen molar-refractivity contribution in [1.29, 1.82) is 0 Å². The highest BCUT2D eigenvalue weighted by Gasteiger charge is 2.60. The van der Waals surface area contributed by atoms with Crippen LogP contribution in [0.3, 0.4) is 0 Å². The lowest BCUT2D eigenvalue weighted by atomic mass is 9.48. The van der Waals surface area contributed by atoms with E-state index < -0.39 is 12.2 Å². The average molecular weight is 320 g/mol. The molecular formula is C20H32O3. The molecule has 0 unspecified atom stereocenters. The number of hydrogen-bond donors (Lipinski definition) is 2. The van der Waals surface area contributed by atoms with Gasteiger partial charge in [-0.15, -0.1) is 0 Å². The number of allylic oxidation sites excluding steroid dienone is 1. The first kappa shape index (κ1) is 16.1. The molecule has 4 rings (SSSR count). The number of fused-ring (bicyclic) bond motifs is 5. The lowest BCUT2D eigenvalue weighted by Gasteiger charge is -2.57. The number of aliphatic hydroxyl groups is 2. The van der Waals surface area contributed by atoms with Crippen LogP contribution >= 0.6 is 0 Å². The van der Waals surface area contributed by atoms with Crippen molar-refractivity contribution in [3.63, 3.8) is 0 Å². The van der Waals surface area contributed by atoms with E-state index in [4.69, 9.17) is 4.74 Å². The number of methoxy groups -OCH3 is 1. The second kappa shape index (κ2) is 5.31. The average Bonchev–Trinajstić information content (AvgIpc) is 2.78. The Labute approximate surface area is 140 Å². The Kier molecular flexibility index (Phi) is 3.72. The van der Waals surface area contributed by atoms with Crippen LogP contribution in [-0.2, 0) is 4.74 Å². The van der Waals surface area contributed by atoms with Crippen molar-refractivity contribution >= 4 is 0 Å². The highest BCUT2D eigenvalue weighted by atomic mass is 16.5. The Morgan fingerprint density at radius 1 is 1.13 bits per heavy atom. The zero-order valence-electron chi connectivity index (χ0n) is 14.8. The molecule has 0 heterocycles. The molecular weight excluding hydrogens is 288 g/mol. The van der Waals surface area contributed by atoms with Crippen molar-refractivity contribution in [2.75, 3.05) is 7.11 Å². The van der Waals surface area contributed by atoms with Crippen LogP contribution in [0, 0.1) is 28.6 Å². The van der Waals surface area contributed by atoms with Gasteiger partial charge in [-0.05, 0) is 73.5 Å². The molecule has 8 atom stereocenters. The molecule has 0 saturated heterocycles. The quantitative estimate of drug-likeness (QED) is 0.729. The Morgan fingerprint density at radius 2 is 1.91 bits per heavy atom. The molecule has 0 spiro atoms. The summed E-state index contributed by atoms with van der Waals surface area (Å²) >= 11 is 0. The van der Waals surface area contributed by atoms with Crippen LogP contribution in [0.2, 0.25) is 0 Å². The molecule has 0 aromatic carbocycles. The number of hydrogen-bond acceptors (Lipinski definition) is 3. The van der Waals surface area contributed by atoms with Gasteiger partial charge >= 0.3 is 0 Å². The van der Waals surface area contributed by atoms with E-state index in [2.05, 4.69) is 19.9 Å². The molecule has 3 saturated carbocycles. The Morgan fingerprint density at radius 3 is 2.65 bits per heavy atom. The molecule has 0 aliphatic heterocycles. The van der Waals surface area contributed by atoms with Gasteiger partial charge in [0, 0.05) is 7.11 Å². The zero-order chi connectivity index (χ0) is 16.4. The van der Waals surface area contributed by atoms with Crippen LogP contribution < -0.4 is 0 Å². The topological polar surface area (TPSA) is 49.7 Å². The van der Waals surface area contributed by atoms with Crippen molar-refractivity contribution in [3.05, 3.63) is 11.6 Å². The largest absolute Gasteiger partial charge is 0.390 e. The SMILES string of the molecule is CO[C@H]1CC[C@@]2(C)C(=CC[C@H]3[C@@H]4C[C@H](O)[C@H](O)[C@@]4(C)CC[C@@H]32)C1. The van der Waals surface area contributed by atoms with Crippen LogP contribution in [0.15, 0.2) is 11.6 Å². The van der Waals surface area contributed by atoms with Gasteiger partial charge in [0.2, 0.25) is 0 Å². The van der Waals surface area contributed by atoms with E-state index in [1.165, 1.54) is 19.3 Å². The monoisotopic (exact) mass is 320 g/mol. The standard InChI is InChI=1S/C20H32O3/c1-19-8-6-13(23-3)10-12(19)4-5-14-15(19)7-9-20(2)16(14)11-17(21)18(20)22/h4,13-18,21-22H,5-11H2,1-3H3/t13-,14+,15-,16-,17-,18-,19-,20-/m0/s1. The summed E-state index contributed by atoms with van der Waals surface area (Å²) in [5.74, 6) is 1.82. The minimum Gasteiger partial charge on any atom is -0.390 e. The third-order valence-electron chi connectivity index (χ3n) is 8.37. The van der Waals surface area contributed by atoms with Crippen LogP contribution in [-0.4, -0.2) is 35.6 Å². The first-order valence-electron chi connectivity index (χ1n) is 9.48. The van der Waals surface area contributed by atoms with Crippen molar-refractivity contribution in [3.8, 4) is 0 Å². The number of ether oxygens (including phenoxy) is 1. The third kappa shape index (κ3) is 2.12. The van der Waals surface area contributed by atoms with Gasteiger partial charge in [-0.3, -0.25) is 0 Å². The molecule has 0 amide bonds. The number of rotatable bonds is 1. The molecule has 4 aliphatic carbocycles. The van der Waals surface area contributed by atoms with Gasteiger partial charge in [-0.1, -0.05) is 25.5 Å². The fourth-order valence-electron chi connectivity index (χ4n) is 6.82. The molecule has 3 heteroatoms. The zero-order valence-corrected chi connectivity index (χ0v) is 14.8. The molecule has 2 N–H and O–H groups in total. The Hall–Kier alpha value is -0.380. The highest BCUT2D eigenvalue weighted by Crippen LogP contribution is 2.64. The van der Waals surface area contributed by atoms with Crippen molar-refractivity contribution in [1.82, 2.24) is 0 Å². The lowest BCUT2D eigenvalue weighted by Crippen LogP contribution is -2.51. The summed E-state index contributed by atoms with van der Waals surface area (Å²) in [7, 11) is 1.84. The van der Waals surface area contributed by atoms with E-state index in [0.717, 1.165) is 31.6 Å². The van der Waals surface area contributed by atoms with Crippen molar-refractivity contribution in [2.45, 2.75) is 77.1 Å². The summed E-state index contributed by atoms with van der Waals surface area (Å²) in [5.41, 5.74) is 1.86. The minimum atomic E-state index is -0.532. The smallest absolute Gasteiger partial charge is 0.0855 e. The van der Waals surface area contributed by atoms with Crippen LogP contribution in [0.4, 0.5) is 0 Å². The number of aliphatic hydroxyl groups excluding tert-OH is 2. The van der Waals surface area contributed by atoms with Crippen LogP contribution in [0.25, 0.3) is 0 Å². The molecule has 4 aliphatic rings. The van der Waals surface area contributed by atoms with Gasteiger partial charge in [0.25, 0.3) is 0 Å². The predicted molar refractivity (Wildman–Crippen MR) is 89.9 cm³/mol. The lowest BCUT2D eigenvalue weighted by molar-refractivity contribution is -0.0829. The molecule has 0 radical (unpaired) electrons. The fraction of sp³-hybridized carbons (Fsp3) is 0.900. The van der Waals surface area contributed by atoms with E-state index in [0.29, 0.717) is 23.4 Å². The van der Waals surface area contributed by atoms with Gasteiger partial charge in [0.05, 0.1) is 18.3 Å². The molecule has 0 aromatic heterocycles. The minimum absolute atomic E-state index is 0.0774. The van der Waals surface area contributed by atoms with E-state index in [1.54, 1.807) is 5.57 Å². The normalized spacial score (nSPS) is 55.6. The highest BCUT2D eigenvalue weighted by molar-refractivity contribution is 5.25. The second-order valence-corrected chi connectivity index (χ2v) is 9.15. The first-order valence-corrected chi connectivity index (χ1v) is 9.48. The van der Waals surface area contributed by atoms with E-state index in [-0.39, 0.29) is 5.41 Å². The molecule has 0 aromatic rings. The van der Waals surface area contributed by atoms with E-state index in [9.17, 15) is 10.2 Å². The maximum Gasteiger partial charge on any atom is 0.0855 e. The van der Waals surface area contributed by atoms with Crippen LogP contribution in [0.5, 0.6) is 0 Å². The molecule has 130 valence electrons. The van der Waals surface area contributed by atoms with Gasteiger partial charge in [-0.2, -0.15) is 0 Å². The van der Waals surface area contributed by atoms with Gasteiger partial charge in [0.15, 0.2) is 0 Å². The van der Waals surface area contributed by atoms with Gasteiger partial charge in [-0.25, -0.2) is 0 Å². The van der Waals surface area contributed by atoms with Gasteiger partial charge < -0.3 is 14.9 Å². The Bertz CT molecular complexity index is 515. The van der Waals surface area contributed by atoms with Crippen molar-refractivity contribution < 1.29 is 14.9 Å². The summed E-state index contributed by atoms with van der Waals surface area (Å²) in [6.07, 6.45) is 9.52. The van der Waals surface area contributed by atoms with Crippen LogP contribution in [0.1, 0.15) is 58.8 Å². The Balaban J connectivity index is 1.65. The maximum absolute atomic E-state index is 10.5. The van der Waals surface area contributed by atoms with Gasteiger partial charge in [0.1, 0.15) is 0 Å². The summed E-state index contributed by atoms with van der Waals surface area (Å²) in [6.45, 7) is 4.70. The van der Waals surface area contributed by atoms with E-state index >= 15 is 0 Å². The maximum atomic E-state index is 10.5. The summed E-state index contributed by atoms with van der Waals surface area (Å²) in [6, 6.07) is 0. The summed E-state index contributed by atoms with van der Waals surface area (Å²) < 4.78 is 5.63. The predicted octanol–water partition coefficient (Wildman–Crippen LogP) is 3.30. The molecule has 0 bridgehead atoms. The molecule has 3 fully saturated rings. The third-order valence-corrected chi connectivity index (χ3v) is 8.37. The molecule has 23 heavy (non-hydrogen) atoms. The fourth-order valence-corrected chi connectivity index (χ4v) is 6.82.